The number of nitro groups is 1. The maximum absolute atomic E-state index is 10.7. The Kier molecular flexibility index (Phi) is 5.30. The Morgan fingerprint density at radius 2 is 1.90 bits per heavy atom. The average Bonchev–Trinajstić information content (AvgIpc) is 2.48. The van der Waals surface area contributed by atoms with Gasteiger partial charge in [-0.1, -0.05) is 30.3 Å². The third kappa shape index (κ3) is 3.79. The van der Waals surface area contributed by atoms with Gasteiger partial charge < -0.3 is 5.32 Å². The SMILES string of the molecule is CNC(Cc1ccc([N+](=O)[O-])cc1)c1cccc(C)c1I. The summed E-state index contributed by atoms with van der Waals surface area (Å²) in [7, 11) is 1.94. The van der Waals surface area contributed by atoms with Gasteiger partial charge in [-0.25, -0.2) is 0 Å². The van der Waals surface area contributed by atoms with E-state index >= 15 is 0 Å². The second-order valence-corrected chi connectivity index (χ2v) is 6.03. The number of likely N-dealkylation sites (N-methyl/N-ethyl adjacent to an activating group) is 1. The summed E-state index contributed by atoms with van der Waals surface area (Å²) in [5, 5.41) is 14.0. The van der Waals surface area contributed by atoms with E-state index in [2.05, 4.69) is 53.0 Å². The topological polar surface area (TPSA) is 55.2 Å². The third-order valence-corrected chi connectivity index (χ3v) is 5.01. The molecular weight excluding hydrogens is 379 g/mol. The molecule has 2 aromatic carbocycles. The highest BCUT2D eigenvalue weighted by atomic mass is 127. The fraction of sp³-hybridized carbons (Fsp3) is 0.250. The second-order valence-electron chi connectivity index (χ2n) is 4.95. The molecule has 4 nitrogen and oxygen atoms in total. The normalized spacial score (nSPS) is 12.1. The van der Waals surface area contributed by atoms with Gasteiger partial charge in [-0.2, -0.15) is 0 Å². The van der Waals surface area contributed by atoms with Gasteiger partial charge in [0.05, 0.1) is 4.92 Å². The monoisotopic (exact) mass is 396 g/mol. The number of nitrogens with one attached hydrogen (secondary N) is 1. The second kappa shape index (κ2) is 7.00. The molecule has 1 N–H and O–H groups in total. The van der Waals surface area contributed by atoms with Crippen LogP contribution in [0.15, 0.2) is 42.5 Å². The summed E-state index contributed by atoms with van der Waals surface area (Å²) in [5.41, 5.74) is 3.73. The van der Waals surface area contributed by atoms with Gasteiger partial charge in [0.25, 0.3) is 5.69 Å². The smallest absolute Gasteiger partial charge is 0.269 e. The van der Waals surface area contributed by atoms with Crippen LogP contribution in [-0.2, 0) is 6.42 Å². The molecule has 0 aliphatic rings. The van der Waals surface area contributed by atoms with Crippen LogP contribution in [-0.4, -0.2) is 12.0 Å². The van der Waals surface area contributed by atoms with Crippen molar-refractivity contribution in [1.82, 2.24) is 5.32 Å². The Morgan fingerprint density at radius 3 is 2.48 bits per heavy atom. The van der Waals surface area contributed by atoms with E-state index in [1.165, 1.54) is 14.7 Å². The summed E-state index contributed by atoms with van der Waals surface area (Å²) >= 11 is 2.37. The standard InChI is InChI=1S/C16H17IN2O2/c1-11-4-3-5-14(16(11)17)15(18-2)10-12-6-8-13(9-7-12)19(20)21/h3-9,15,18H,10H2,1-2H3. The molecule has 0 radical (unpaired) electrons. The highest BCUT2D eigenvalue weighted by molar-refractivity contribution is 14.1. The van der Waals surface area contributed by atoms with Crippen LogP contribution in [0.1, 0.15) is 22.7 Å². The van der Waals surface area contributed by atoms with E-state index in [0.717, 1.165) is 12.0 Å². The first kappa shape index (κ1) is 15.9. The summed E-state index contributed by atoms with van der Waals surface area (Å²) in [5.74, 6) is 0. The minimum atomic E-state index is -0.372. The van der Waals surface area contributed by atoms with Crippen LogP contribution in [0.5, 0.6) is 0 Å². The predicted molar refractivity (Wildman–Crippen MR) is 92.5 cm³/mol. The number of nitro benzene ring substituents is 1. The largest absolute Gasteiger partial charge is 0.313 e. The van der Waals surface area contributed by atoms with Gasteiger partial charge in [0.2, 0.25) is 0 Å². The van der Waals surface area contributed by atoms with Gasteiger partial charge in [-0.05, 0) is 59.7 Å². The number of hydrogen-bond donors (Lipinski definition) is 1. The lowest BCUT2D eigenvalue weighted by Crippen LogP contribution is -2.20. The Labute approximate surface area is 137 Å². The summed E-state index contributed by atoms with van der Waals surface area (Å²) < 4.78 is 1.26. The number of nitrogens with zero attached hydrogens (tertiary/aromatic N) is 1. The number of non-ortho nitro benzene ring substituents is 1. The van der Waals surface area contributed by atoms with Crippen molar-refractivity contribution >= 4 is 28.3 Å². The minimum Gasteiger partial charge on any atom is -0.313 e. The number of rotatable bonds is 5. The predicted octanol–water partition coefficient (Wildman–Crippen LogP) is 4.01. The first-order chi connectivity index (χ1) is 10.0. The molecule has 0 aliphatic carbocycles. The van der Waals surface area contributed by atoms with Crippen molar-refractivity contribution < 1.29 is 4.92 Å². The molecule has 2 aromatic rings. The number of aryl methyl sites for hydroxylation is 1. The fourth-order valence-corrected chi connectivity index (χ4v) is 3.03. The van der Waals surface area contributed by atoms with Crippen molar-refractivity contribution in [1.29, 1.82) is 0 Å². The molecule has 2 rings (SSSR count). The summed E-state index contributed by atoms with van der Waals surface area (Å²) in [4.78, 5) is 10.3. The summed E-state index contributed by atoms with van der Waals surface area (Å²) in [6.07, 6.45) is 0.800. The molecule has 0 heterocycles. The van der Waals surface area contributed by atoms with Crippen molar-refractivity contribution in [2.24, 2.45) is 0 Å². The first-order valence-corrected chi connectivity index (χ1v) is 7.76. The van der Waals surface area contributed by atoms with Crippen LogP contribution in [0.3, 0.4) is 0 Å². The molecule has 110 valence electrons. The van der Waals surface area contributed by atoms with E-state index in [0.29, 0.717) is 0 Å². The van der Waals surface area contributed by atoms with Crippen molar-refractivity contribution in [3.05, 3.63) is 72.8 Å². The van der Waals surface area contributed by atoms with Crippen LogP contribution >= 0.6 is 22.6 Å². The highest BCUT2D eigenvalue weighted by Gasteiger charge is 2.15. The molecule has 0 saturated carbocycles. The van der Waals surface area contributed by atoms with Gasteiger partial charge in [0.1, 0.15) is 0 Å². The van der Waals surface area contributed by atoms with Crippen molar-refractivity contribution in [3.8, 4) is 0 Å². The molecule has 0 fully saturated rings. The zero-order valence-corrected chi connectivity index (χ0v) is 14.1. The van der Waals surface area contributed by atoms with Crippen LogP contribution in [0.2, 0.25) is 0 Å². The fourth-order valence-electron chi connectivity index (χ4n) is 2.30. The Hall–Kier alpha value is -1.47. The maximum Gasteiger partial charge on any atom is 0.269 e. The highest BCUT2D eigenvalue weighted by Crippen LogP contribution is 2.26. The lowest BCUT2D eigenvalue weighted by atomic mass is 9.97. The Balaban J connectivity index is 2.23. The van der Waals surface area contributed by atoms with Gasteiger partial charge in [0.15, 0.2) is 0 Å². The molecular formula is C16H17IN2O2. The quantitative estimate of drug-likeness (QED) is 0.472. The zero-order valence-electron chi connectivity index (χ0n) is 12.0. The van der Waals surface area contributed by atoms with Gasteiger partial charge in [-0.3, -0.25) is 10.1 Å². The molecule has 0 amide bonds. The molecule has 0 aliphatic heterocycles. The van der Waals surface area contributed by atoms with E-state index in [9.17, 15) is 10.1 Å². The zero-order chi connectivity index (χ0) is 15.4. The van der Waals surface area contributed by atoms with Crippen LogP contribution in [0, 0.1) is 20.6 Å². The molecule has 1 atom stereocenters. The molecule has 21 heavy (non-hydrogen) atoms. The first-order valence-electron chi connectivity index (χ1n) is 6.68. The molecule has 5 heteroatoms. The lowest BCUT2D eigenvalue weighted by Gasteiger charge is -2.19. The van der Waals surface area contributed by atoms with Crippen molar-refractivity contribution in [2.75, 3.05) is 7.05 Å². The molecule has 0 saturated heterocycles. The molecule has 0 bridgehead atoms. The summed E-state index contributed by atoms with van der Waals surface area (Å²) in [6.45, 7) is 2.10. The van der Waals surface area contributed by atoms with Crippen molar-refractivity contribution in [2.45, 2.75) is 19.4 Å². The van der Waals surface area contributed by atoms with E-state index in [-0.39, 0.29) is 16.7 Å². The molecule has 0 aromatic heterocycles. The van der Waals surface area contributed by atoms with E-state index in [1.54, 1.807) is 12.1 Å². The van der Waals surface area contributed by atoms with Crippen LogP contribution in [0.25, 0.3) is 0 Å². The van der Waals surface area contributed by atoms with Gasteiger partial charge >= 0.3 is 0 Å². The van der Waals surface area contributed by atoms with E-state index in [4.69, 9.17) is 0 Å². The minimum absolute atomic E-state index is 0.130. The van der Waals surface area contributed by atoms with E-state index in [1.807, 2.05) is 19.2 Å². The summed E-state index contributed by atoms with van der Waals surface area (Å²) in [6, 6.07) is 13.2. The van der Waals surface area contributed by atoms with E-state index < -0.39 is 0 Å². The number of benzene rings is 2. The Bertz CT molecular complexity index is 641. The number of hydrogen-bond acceptors (Lipinski definition) is 3. The van der Waals surface area contributed by atoms with Gasteiger partial charge in [-0.15, -0.1) is 0 Å². The van der Waals surface area contributed by atoms with Crippen LogP contribution in [0.4, 0.5) is 5.69 Å². The third-order valence-electron chi connectivity index (χ3n) is 3.53. The van der Waals surface area contributed by atoms with Crippen molar-refractivity contribution in [3.63, 3.8) is 0 Å². The average molecular weight is 396 g/mol. The van der Waals surface area contributed by atoms with Crippen LogP contribution < -0.4 is 5.32 Å². The van der Waals surface area contributed by atoms with Gasteiger partial charge in [0, 0.05) is 21.7 Å². The number of halogens is 1. The maximum atomic E-state index is 10.7. The Morgan fingerprint density at radius 1 is 1.24 bits per heavy atom. The lowest BCUT2D eigenvalue weighted by molar-refractivity contribution is -0.384. The molecule has 1 unspecified atom stereocenters. The molecule has 0 spiro atoms.